The molecule has 0 radical (unpaired) electrons. The van der Waals surface area contributed by atoms with Gasteiger partial charge in [0.1, 0.15) is 24.7 Å². The van der Waals surface area contributed by atoms with E-state index in [1.165, 1.54) is 0 Å². The fourth-order valence-corrected chi connectivity index (χ4v) is 8.78. The van der Waals surface area contributed by atoms with Gasteiger partial charge in [-0.15, -0.1) is 0 Å². The van der Waals surface area contributed by atoms with Crippen LogP contribution in [0.15, 0.2) is 110 Å². The number of benzene rings is 4. The van der Waals surface area contributed by atoms with Gasteiger partial charge in [0.05, 0.1) is 74.1 Å². The number of methoxy groups -OCH3 is 2. The van der Waals surface area contributed by atoms with Gasteiger partial charge < -0.3 is 48.9 Å². The summed E-state index contributed by atoms with van der Waals surface area (Å²) in [6.45, 7) is 4.77. The Morgan fingerprint density at radius 3 is 1.64 bits per heavy atom. The molecule has 0 amide bonds. The number of imidazole rings is 2. The summed E-state index contributed by atoms with van der Waals surface area (Å²) in [5, 5.41) is 5.81. The van der Waals surface area contributed by atoms with Crippen molar-refractivity contribution in [3.8, 4) is 34.4 Å². The topological polar surface area (TPSA) is 169 Å². The van der Waals surface area contributed by atoms with Crippen molar-refractivity contribution in [1.82, 2.24) is 39.0 Å². The van der Waals surface area contributed by atoms with Gasteiger partial charge in [-0.2, -0.15) is 9.97 Å². The molecule has 0 fully saturated rings. The minimum absolute atomic E-state index is 0.0572. The van der Waals surface area contributed by atoms with E-state index in [9.17, 15) is 0 Å². The molecule has 356 valence electrons. The number of hydrogen-bond acceptors (Lipinski definition) is 14. The molecule has 2 aliphatic rings. The number of fused-ring (bicyclic) bond motifs is 2. The van der Waals surface area contributed by atoms with Crippen molar-refractivity contribution in [2.75, 3.05) is 62.4 Å². The highest BCUT2D eigenvalue weighted by molar-refractivity contribution is 6.35. The summed E-state index contributed by atoms with van der Waals surface area (Å²) in [6, 6.07) is 22.0. The van der Waals surface area contributed by atoms with Gasteiger partial charge in [-0.05, 0) is 85.1 Å². The van der Waals surface area contributed by atoms with E-state index >= 15 is 0 Å². The van der Waals surface area contributed by atoms with Crippen LogP contribution in [-0.2, 0) is 0 Å². The predicted octanol–water partition coefficient (Wildman–Crippen LogP) is 11.4. The lowest BCUT2D eigenvalue weighted by Gasteiger charge is -2.35. The predicted molar refractivity (Wildman–Crippen MR) is 273 cm³/mol. The normalized spacial score (nSPS) is 14.7. The Labute approximate surface area is 423 Å². The van der Waals surface area contributed by atoms with Crippen LogP contribution < -0.4 is 39.8 Å². The first kappa shape index (κ1) is 48.8. The Kier molecular flexibility index (Phi) is 15.1. The minimum atomic E-state index is -0.113. The third kappa shape index (κ3) is 11.1. The van der Waals surface area contributed by atoms with Gasteiger partial charge in [-0.3, -0.25) is 0 Å². The standard InChI is InChI=1S/C24H22Cl2N6O2.C13H10Cl3N3O.C11H13N3O/c1-14-11-32(13-28-14)19-7-5-16(9-21(19)33-3)29-24-27-10-22-23(30-24)31(2)20(12-34-22)17-6-4-15(25)8-18(17)26;1-19-10(8-3-2-7(14)4-9(8)15)6-20-11-5-17-13(16)18-12(11)19;1-8-6-14(7-13-8)10-4-3-9(12)5-11(10)15-2/h4-11,13,20H,12H2,1-3H3,(H,27,29,30);2-5,10H,6H2,1H3;3-7H,12H2,1-2H3. The van der Waals surface area contributed by atoms with Crippen LogP contribution in [0, 0.1) is 13.8 Å². The summed E-state index contributed by atoms with van der Waals surface area (Å²) < 4.78 is 26.3. The zero-order chi connectivity index (χ0) is 48.9. The molecule has 0 saturated heterocycles. The van der Waals surface area contributed by atoms with Crippen molar-refractivity contribution in [2.24, 2.45) is 0 Å². The van der Waals surface area contributed by atoms with Crippen LogP contribution in [0.3, 0.4) is 0 Å². The average Bonchev–Trinajstić information content (AvgIpc) is 3.98. The van der Waals surface area contributed by atoms with E-state index in [2.05, 4.69) is 30.2 Å². The summed E-state index contributed by atoms with van der Waals surface area (Å²) >= 11 is 30.5. The second kappa shape index (κ2) is 21.3. The van der Waals surface area contributed by atoms with Crippen LogP contribution in [0.2, 0.25) is 25.4 Å². The maximum absolute atomic E-state index is 6.45. The summed E-state index contributed by atoms with van der Waals surface area (Å²) in [6.07, 6.45) is 10.6. The number of likely N-dealkylation sites (N-methyl/N-ethyl adjacent to an activating group) is 2. The van der Waals surface area contributed by atoms with Gasteiger partial charge in [-0.1, -0.05) is 58.5 Å². The van der Waals surface area contributed by atoms with Crippen molar-refractivity contribution in [3.05, 3.63) is 158 Å². The van der Waals surface area contributed by atoms with Crippen molar-refractivity contribution in [2.45, 2.75) is 25.9 Å². The first-order chi connectivity index (χ1) is 33.2. The fraction of sp³-hybridized carbons (Fsp3) is 0.208. The third-order valence-corrected chi connectivity index (χ3v) is 12.4. The SMILES string of the molecule is CN1c2nc(Cl)ncc2OCC1c1ccc(Cl)cc1Cl.COc1cc(N)ccc1-n1cnc(C)c1.COc1cc(Nc2ncc3c(n2)N(C)C(c2ccc(Cl)cc2Cl)CO3)ccc1-n1cnc(C)c1. The molecule has 0 spiro atoms. The Morgan fingerprint density at radius 1 is 0.623 bits per heavy atom. The summed E-state index contributed by atoms with van der Waals surface area (Å²) in [5.74, 6) is 4.40. The number of hydrogen-bond donors (Lipinski definition) is 2. The Balaban J connectivity index is 0.000000155. The third-order valence-electron chi connectivity index (χ3n) is 11.1. The highest BCUT2D eigenvalue weighted by atomic mass is 35.5. The van der Waals surface area contributed by atoms with Crippen molar-refractivity contribution in [1.29, 1.82) is 0 Å². The molecule has 3 N–H and O–H groups in total. The maximum Gasteiger partial charge on any atom is 0.229 e. The fourth-order valence-electron chi connectivity index (χ4n) is 7.58. The smallest absolute Gasteiger partial charge is 0.229 e. The van der Waals surface area contributed by atoms with Crippen LogP contribution in [0.5, 0.6) is 23.0 Å². The molecular weight excluding hydrogens is 986 g/mol. The van der Waals surface area contributed by atoms with E-state index in [4.69, 9.17) is 87.7 Å². The molecular formula is C48H45Cl5N12O4. The Bertz CT molecular complexity index is 3120. The van der Waals surface area contributed by atoms with Crippen molar-refractivity contribution >= 4 is 87.0 Å². The van der Waals surface area contributed by atoms with Gasteiger partial charge in [0.15, 0.2) is 23.1 Å². The average molecular weight is 1030 g/mol. The van der Waals surface area contributed by atoms with Crippen LogP contribution in [0.4, 0.5) is 29.0 Å². The lowest BCUT2D eigenvalue weighted by Crippen LogP contribution is -2.34. The molecule has 8 aromatic rings. The van der Waals surface area contributed by atoms with Gasteiger partial charge in [0, 0.05) is 70.1 Å². The highest BCUT2D eigenvalue weighted by Gasteiger charge is 2.31. The number of ether oxygens (including phenoxy) is 4. The molecule has 6 heterocycles. The molecule has 0 bridgehead atoms. The highest BCUT2D eigenvalue weighted by Crippen LogP contribution is 2.41. The molecule has 69 heavy (non-hydrogen) atoms. The zero-order valence-corrected chi connectivity index (χ0v) is 41.8. The number of aromatic nitrogens is 8. The lowest BCUT2D eigenvalue weighted by molar-refractivity contribution is 0.265. The molecule has 4 aromatic carbocycles. The first-order valence-electron chi connectivity index (χ1n) is 21.1. The number of nitrogen functional groups attached to an aromatic ring is 1. The maximum atomic E-state index is 6.45. The number of rotatable bonds is 8. The number of nitrogens with one attached hydrogen (secondary N) is 1. The van der Waals surface area contributed by atoms with E-state index in [-0.39, 0.29) is 17.4 Å². The van der Waals surface area contributed by atoms with E-state index in [0.717, 1.165) is 45.3 Å². The summed E-state index contributed by atoms with van der Waals surface area (Å²) in [5.41, 5.74) is 12.7. The second-order valence-corrected chi connectivity index (χ2v) is 17.7. The summed E-state index contributed by atoms with van der Waals surface area (Å²) in [4.78, 5) is 29.7. The lowest BCUT2D eigenvalue weighted by atomic mass is 10.1. The quantitative estimate of drug-likeness (QED) is 0.109. The minimum Gasteiger partial charge on any atom is -0.494 e. The number of aryl methyl sites for hydroxylation is 2. The van der Waals surface area contributed by atoms with Crippen molar-refractivity contribution < 1.29 is 18.9 Å². The molecule has 0 saturated carbocycles. The van der Waals surface area contributed by atoms with E-state index in [0.29, 0.717) is 73.8 Å². The number of nitrogens with two attached hydrogens (primary N) is 1. The van der Waals surface area contributed by atoms with Crippen LogP contribution in [0.1, 0.15) is 34.6 Å². The summed E-state index contributed by atoms with van der Waals surface area (Å²) in [7, 11) is 7.14. The number of halogens is 5. The molecule has 2 atom stereocenters. The molecule has 21 heteroatoms. The molecule has 10 rings (SSSR count). The largest absolute Gasteiger partial charge is 0.494 e. The Hall–Kier alpha value is -6.69. The van der Waals surface area contributed by atoms with Gasteiger partial charge >= 0.3 is 0 Å². The van der Waals surface area contributed by atoms with Crippen molar-refractivity contribution in [3.63, 3.8) is 0 Å². The van der Waals surface area contributed by atoms with E-state index < -0.39 is 0 Å². The van der Waals surface area contributed by atoms with Gasteiger partial charge in [0.25, 0.3) is 0 Å². The van der Waals surface area contributed by atoms with Crippen LogP contribution in [-0.4, -0.2) is 80.6 Å². The molecule has 4 aromatic heterocycles. The second-order valence-electron chi connectivity index (χ2n) is 15.7. The number of nitrogens with zero attached hydrogens (tertiary/aromatic N) is 10. The van der Waals surface area contributed by atoms with E-state index in [1.807, 2.05) is 108 Å². The zero-order valence-electron chi connectivity index (χ0n) is 38.0. The van der Waals surface area contributed by atoms with E-state index in [1.54, 1.807) is 63.5 Å². The monoisotopic (exact) mass is 1030 g/mol. The van der Waals surface area contributed by atoms with Gasteiger partial charge in [-0.25, -0.2) is 19.9 Å². The molecule has 2 unspecified atom stereocenters. The van der Waals surface area contributed by atoms with Crippen LogP contribution >= 0.6 is 58.0 Å². The van der Waals surface area contributed by atoms with Crippen LogP contribution in [0.25, 0.3) is 11.4 Å². The Morgan fingerprint density at radius 2 is 1.13 bits per heavy atom. The molecule has 2 aliphatic heterocycles. The first-order valence-corrected chi connectivity index (χ1v) is 23.0. The molecule has 0 aliphatic carbocycles. The number of anilines is 5. The van der Waals surface area contributed by atoms with Gasteiger partial charge in [0.2, 0.25) is 11.2 Å². The molecule has 16 nitrogen and oxygen atoms in total.